The lowest BCUT2D eigenvalue weighted by Gasteiger charge is -2.01. The minimum absolute atomic E-state index is 0.129. The second-order valence-electron chi connectivity index (χ2n) is 2.31. The first-order chi connectivity index (χ1) is 5.07. The molecule has 0 atom stereocenters. The quantitative estimate of drug-likeness (QED) is 0.628. The lowest BCUT2D eigenvalue weighted by molar-refractivity contribution is 0.226. The number of nitrogens with zero attached hydrogens (tertiary/aromatic N) is 1. The standard InChI is InChI=1S/C7H12F2N2/c1-5(2)11-6(3-4-10)7(8)9/h3-5,7H,10H2,1-2H3/b4-3-,11-6?. The van der Waals surface area contributed by atoms with E-state index >= 15 is 0 Å². The van der Waals surface area contributed by atoms with Crippen LogP contribution < -0.4 is 5.73 Å². The van der Waals surface area contributed by atoms with Crippen LogP contribution in [-0.2, 0) is 0 Å². The van der Waals surface area contributed by atoms with Crippen LogP contribution in [0.15, 0.2) is 17.3 Å². The molecule has 0 saturated carbocycles. The van der Waals surface area contributed by atoms with Gasteiger partial charge in [-0.25, -0.2) is 8.78 Å². The summed E-state index contributed by atoms with van der Waals surface area (Å²) in [5.74, 6) is 0. The lowest BCUT2D eigenvalue weighted by atomic mass is 10.3. The number of alkyl halides is 2. The third-order valence-electron chi connectivity index (χ3n) is 0.898. The topological polar surface area (TPSA) is 38.4 Å². The molecule has 0 aromatic heterocycles. The summed E-state index contributed by atoms with van der Waals surface area (Å²) in [5.41, 5.74) is 4.69. The van der Waals surface area contributed by atoms with E-state index < -0.39 is 6.43 Å². The Hall–Kier alpha value is -0.930. The van der Waals surface area contributed by atoms with E-state index in [0.717, 1.165) is 12.3 Å². The van der Waals surface area contributed by atoms with Crippen molar-refractivity contribution in [1.82, 2.24) is 0 Å². The Morgan fingerprint density at radius 3 is 2.27 bits per heavy atom. The summed E-state index contributed by atoms with van der Waals surface area (Å²) < 4.78 is 24.0. The van der Waals surface area contributed by atoms with Crippen LogP contribution in [0.25, 0.3) is 0 Å². The summed E-state index contributed by atoms with van der Waals surface area (Å²) in [6, 6.07) is -0.129. The molecule has 2 N–H and O–H groups in total. The molecule has 64 valence electrons. The molecule has 0 rings (SSSR count). The average Bonchev–Trinajstić information content (AvgIpc) is 1.86. The van der Waals surface area contributed by atoms with E-state index in [1.165, 1.54) is 0 Å². The monoisotopic (exact) mass is 162 g/mol. The highest BCUT2D eigenvalue weighted by Crippen LogP contribution is 2.00. The van der Waals surface area contributed by atoms with Gasteiger partial charge in [-0.15, -0.1) is 0 Å². The van der Waals surface area contributed by atoms with Gasteiger partial charge in [0.2, 0.25) is 0 Å². The summed E-state index contributed by atoms with van der Waals surface area (Å²) in [7, 11) is 0. The van der Waals surface area contributed by atoms with E-state index in [-0.39, 0.29) is 11.8 Å². The number of hydrogen-bond donors (Lipinski definition) is 1. The SMILES string of the molecule is CC(C)N=C(/C=C\N)C(F)F. The second-order valence-corrected chi connectivity index (χ2v) is 2.31. The molecular weight excluding hydrogens is 150 g/mol. The van der Waals surface area contributed by atoms with Gasteiger partial charge in [-0.1, -0.05) is 0 Å². The van der Waals surface area contributed by atoms with Crippen molar-refractivity contribution in [3.8, 4) is 0 Å². The minimum atomic E-state index is -2.54. The van der Waals surface area contributed by atoms with Crippen LogP contribution in [0, 0.1) is 0 Å². The van der Waals surface area contributed by atoms with E-state index in [9.17, 15) is 8.78 Å². The van der Waals surface area contributed by atoms with E-state index in [4.69, 9.17) is 5.73 Å². The maximum Gasteiger partial charge on any atom is 0.279 e. The third kappa shape index (κ3) is 4.47. The van der Waals surface area contributed by atoms with Gasteiger partial charge in [0.1, 0.15) is 5.71 Å². The molecule has 11 heavy (non-hydrogen) atoms. The first-order valence-electron chi connectivity index (χ1n) is 3.32. The molecule has 0 aliphatic carbocycles. The van der Waals surface area contributed by atoms with Crippen LogP contribution >= 0.6 is 0 Å². The fourth-order valence-corrected chi connectivity index (χ4v) is 0.569. The molecule has 0 unspecified atom stereocenters. The maximum atomic E-state index is 12.0. The largest absolute Gasteiger partial charge is 0.405 e. The summed E-state index contributed by atoms with van der Waals surface area (Å²) >= 11 is 0. The van der Waals surface area contributed by atoms with Crippen molar-refractivity contribution < 1.29 is 8.78 Å². The van der Waals surface area contributed by atoms with Crippen LogP contribution in [-0.4, -0.2) is 18.2 Å². The van der Waals surface area contributed by atoms with Gasteiger partial charge in [0.25, 0.3) is 6.43 Å². The van der Waals surface area contributed by atoms with Crippen molar-refractivity contribution in [1.29, 1.82) is 0 Å². The van der Waals surface area contributed by atoms with Gasteiger partial charge in [0, 0.05) is 6.04 Å². The Bertz CT molecular complexity index is 162. The van der Waals surface area contributed by atoms with Crippen LogP contribution in [0.3, 0.4) is 0 Å². The number of allylic oxidation sites excluding steroid dienone is 1. The van der Waals surface area contributed by atoms with Gasteiger partial charge in [0.05, 0.1) is 0 Å². The smallest absolute Gasteiger partial charge is 0.279 e. The molecule has 0 aliphatic heterocycles. The van der Waals surface area contributed by atoms with Gasteiger partial charge in [-0.05, 0) is 26.1 Å². The molecule has 0 aromatic carbocycles. The van der Waals surface area contributed by atoms with E-state index in [1.54, 1.807) is 13.8 Å². The second kappa shape index (κ2) is 4.82. The molecular formula is C7H12F2N2. The maximum absolute atomic E-state index is 12.0. The van der Waals surface area contributed by atoms with Gasteiger partial charge >= 0.3 is 0 Å². The van der Waals surface area contributed by atoms with Crippen molar-refractivity contribution in [3.05, 3.63) is 12.3 Å². The van der Waals surface area contributed by atoms with Gasteiger partial charge < -0.3 is 5.73 Å². The summed E-state index contributed by atoms with van der Waals surface area (Å²) in [5, 5.41) is 0. The highest BCUT2D eigenvalue weighted by molar-refractivity contribution is 5.97. The zero-order valence-corrected chi connectivity index (χ0v) is 6.59. The average molecular weight is 162 g/mol. The Morgan fingerprint density at radius 1 is 1.45 bits per heavy atom. The molecule has 0 saturated heterocycles. The Labute approximate surface area is 64.8 Å². The van der Waals surface area contributed by atoms with Crippen molar-refractivity contribution in [2.45, 2.75) is 26.3 Å². The number of rotatable bonds is 3. The third-order valence-corrected chi connectivity index (χ3v) is 0.898. The molecule has 0 heterocycles. The normalized spacial score (nSPS) is 13.8. The van der Waals surface area contributed by atoms with Gasteiger partial charge in [0.15, 0.2) is 0 Å². The van der Waals surface area contributed by atoms with Crippen LogP contribution in [0.1, 0.15) is 13.8 Å². The molecule has 0 aliphatic rings. The Morgan fingerprint density at radius 2 is 2.00 bits per heavy atom. The van der Waals surface area contributed by atoms with Gasteiger partial charge in [-0.2, -0.15) is 0 Å². The van der Waals surface area contributed by atoms with Gasteiger partial charge in [-0.3, -0.25) is 4.99 Å². The number of hydrogen-bond acceptors (Lipinski definition) is 2. The number of halogens is 2. The summed E-state index contributed by atoms with van der Waals surface area (Å²) in [4.78, 5) is 3.67. The molecule has 0 radical (unpaired) electrons. The molecule has 2 nitrogen and oxygen atoms in total. The van der Waals surface area contributed by atoms with E-state index in [0.29, 0.717) is 0 Å². The molecule has 0 aromatic rings. The zero-order chi connectivity index (χ0) is 8.85. The van der Waals surface area contributed by atoms with Crippen LogP contribution in [0.5, 0.6) is 0 Å². The molecule has 0 bridgehead atoms. The highest BCUT2D eigenvalue weighted by Gasteiger charge is 2.09. The van der Waals surface area contributed by atoms with Crippen molar-refractivity contribution in [2.75, 3.05) is 0 Å². The molecule has 0 amide bonds. The van der Waals surface area contributed by atoms with E-state index in [2.05, 4.69) is 4.99 Å². The molecule has 4 heteroatoms. The summed E-state index contributed by atoms with van der Waals surface area (Å²) in [6.07, 6.45) is -0.366. The minimum Gasteiger partial charge on any atom is -0.405 e. The zero-order valence-electron chi connectivity index (χ0n) is 6.59. The van der Waals surface area contributed by atoms with Crippen LogP contribution in [0.4, 0.5) is 8.78 Å². The van der Waals surface area contributed by atoms with Crippen molar-refractivity contribution >= 4 is 5.71 Å². The first kappa shape index (κ1) is 10.1. The van der Waals surface area contributed by atoms with Crippen LogP contribution in [0.2, 0.25) is 0 Å². The fraction of sp³-hybridized carbons (Fsp3) is 0.571. The van der Waals surface area contributed by atoms with Crippen molar-refractivity contribution in [2.24, 2.45) is 10.7 Å². The van der Waals surface area contributed by atoms with E-state index in [1.807, 2.05) is 0 Å². The fourth-order valence-electron chi connectivity index (χ4n) is 0.569. The number of aliphatic imine (C=N–C) groups is 1. The predicted molar refractivity (Wildman–Crippen MR) is 41.9 cm³/mol. The summed E-state index contributed by atoms with van der Waals surface area (Å²) in [6.45, 7) is 3.46. The highest BCUT2D eigenvalue weighted by atomic mass is 19.3. The van der Waals surface area contributed by atoms with Crippen molar-refractivity contribution in [3.63, 3.8) is 0 Å². The first-order valence-corrected chi connectivity index (χ1v) is 3.32. The molecule has 0 spiro atoms. The Balaban J connectivity index is 4.33. The number of nitrogens with two attached hydrogens (primary N) is 1. The predicted octanol–water partition coefficient (Wildman–Crippen LogP) is 1.57. The Kier molecular flexibility index (Phi) is 4.41. The lowest BCUT2D eigenvalue weighted by Crippen LogP contribution is -2.10. The molecule has 0 fully saturated rings.